The van der Waals surface area contributed by atoms with Gasteiger partial charge in [-0.05, 0) is 38.6 Å². The highest BCUT2D eigenvalue weighted by Gasteiger charge is 1.94. The zero-order chi connectivity index (χ0) is 12.2. The predicted molar refractivity (Wildman–Crippen MR) is 69.8 cm³/mol. The second-order valence-electron chi connectivity index (χ2n) is 3.67. The zero-order valence-corrected chi connectivity index (χ0v) is 10.2. The van der Waals surface area contributed by atoms with Crippen molar-refractivity contribution in [1.82, 2.24) is 0 Å². The Morgan fingerprint density at radius 3 is 2.62 bits per heavy atom. The molecule has 0 aromatic carbocycles. The van der Waals surface area contributed by atoms with E-state index in [9.17, 15) is 0 Å². The van der Waals surface area contributed by atoms with Gasteiger partial charge in [0, 0.05) is 5.57 Å². The van der Waals surface area contributed by atoms with Crippen molar-refractivity contribution >= 4 is 0 Å². The molecule has 0 aliphatic heterocycles. The number of hydrogen-bond acceptors (Lipinski definition) is 2. The van der Waals surface area contributed by atoms with E-state index in [0.29, 0.717) is 5.57 Å². The Kier molecular flexibility index (Phi) is 9.35. The van der Waals surface area contributed by atoms with Gasteiger partial charge in [-0.1, -0.05) is 37.3 Å². The van der Waals surface area contributed by atoms with E-state index in [1.807, 2.05) is 6.08 Å². The van der Waals surface area contributed by atoms with Crippen molar-refractivity contribution in [2.45, 2.75) is 39.0 Å². The molecule has 0 aromatic heterocycles. The summed E-state index contributed by atoms with van der Waals surface area (Å²) >= 11 is 0. The van der Waals surface area contributed by atoms with Crippen LogP contribution in [0.2, 0.25) is 0 Å². The second kappa shape index (κ2) is 10.2. The summed E-state index contributed by atoms with van der Waals surface area (Å²) in [4.78, 5) is 0. The summed E-state index contributed by atoms with van der Waals surface area (Å²) in [5, 5.41) is 8.70. The smallest absolute Gasteiger partial charge is 0.0988 e. The molecule has 0 rings (SSSR count). The third-order valence-corrected chi connectivity index (χ3v) is 2.50. The van der Waals surface area contributed by atoms with Crippen molar-refractivity contribution < 1.29 is 0 Å². The van der Waals surface area contributed by atoms with Gasteiger partial charge in [0.25, 0.3) is 0 Å². The van der Waals surface area contributed by atoms with Crippen molar-refractivity contribution in [2.24, 2.45) is 5.73 Å². The van der Waals surface area contributed by atoms with E-state index < -0.39 is 0 Å². The minimum Gasteiger partial charge on any atom is -0.330 e. The molecule has 0 heterocycles. The molecule has 0 unspecified atom stereocenters. The lowest BCUT2D eigenvalue weighted by Crippen LogP contribution is -1.98. The Labute approximate surface area is 99.1 Å². The van der Waals surface area contributed by atoms with E-state index in [1.54, 1.807) is 6.08 Å². The van der Waals surface area contributed by atoms with Crippen LogP contribution in [0.15, 0.2) is 36.0 Å². The first-order chi connectivity index (χ1) is 7.78. The van der Waals surface area contributed by atoms with Gasteiger partial charge in [0.05, 0.1) is 6.07 Å². The van der Waals surface area contributed by atoms with Crippen molar-refractivity contribution in [3.05, 3.63) is 36.0 Å². The van der Waals surface area contributed by atoms with E-state index in [1.165, 1.54) is 5.57 Å². The number of nitrogens with two attached hydrogens (primary N) is 1. The molecule has 2 heteroatoms. The van der Waals surface area contributed by atoms with Crippen LogP contribution in [0.4, 0.5) is 0 Å². The highest BCUT2D eigenvalue weighted by molar-refractivity contribution is 5.31. The van der Waals surface area contributed by atoms with Crippen LogP contribution < -0.4 is 5.73 Å². The van der Waals surface area contributed by atoms with Crippen LogP contribution >= 0.6 is 0 Å². The summed E-state index contributed by atoms with van der Waals surface area (Å²) in [6, 6.07) is 2.09. The van der Waals surface area contributed by atoms with Crippen molar-refractivity contribution in [2.75, 3.05) is 6.54 Å². The molecule has 2 nitrogen and oxygen atoms in total. The molecule has 0 bridgehead atoms. The topological polar surface area (TPSA) is 49.8 Å². The minimum absolute atomic E-state index is 0.647. The van der Waals surface area contributed by atoms with Crippen LogP contribution in [-0.2, 0) is 0 Å². The van der Waals surface area contributed by atoms with Gasteiger partial charge in [0.2, 0.25) is 0 Å². The Morgan fingerprint density at radius 2 is 2.12 bits per heavy atom. The summed E-state index contributed by atoms with van der Waals surface area (Å²) in [6.45, 7) is 6.52. The molecule has 0 saturated heterocycles. The normalized spacial score (nSPS) is 12.3. The summed E-state index contributed by atoms with van der Waals surface area (Å²) in [5.74, 6) is 0. The van der Waals surface area contributed by atoms with Crippen LogP contribution in [0, 0.1) is 11.3 Å². The molecule has 0 aromatic rings. The van der Waals surface area contributed by atoms with E-state index in [0.717, 1.165) is 38.6 Å². The molecule has 0 aliphatic rings. The molecule has 0 aliphatic carbocycles. The largest absolute Gasteiger partial charge is 0.330 e. The van der Waals surface area contributed by atoms with Crippen LogP contribution in [-0.4, -0.2) is 6.54 Å². The molecule has 0 radical (unpaired) electrons. The fraction of sp³-hybridized carbons (Fsp3) is 0.500. The van der Waals surface area contributed by atoms with Gasteiger partial charge in [0.15, 0.2) is 0 Å². The molecule has 0 saturated carbocycles. The molecule has 16 heavy (non-hydrogen) atoms. The van der Waals surface area contributed by atoms with Gasteiger partial charge >= 0.3 is 0 Å². The Morgan fingerprint density at radius 1 is 1.38 bits per heavy atom. The molecule has 0 atom stereocenters. The summed E-state index contributed by atoms with van der Waals surface area (Å²) in [7, 11) is 0. The number of hydrogen-bond donors (Lipinski definition) is 1. The number of unbranched alkanes of at least 4 members (excludes halogenated alkanes) is 1. The van der Waals surface area contributed by atoms with Gasteiger partial charge in [-0.15, -0.1) is 0 Å². The maximum atomic E-state index is 8.70. The van der Waals surface area contributed by atoms with Crippen molar-refractivity contribution in [3.63, 3.8) is 0 Å². The van der Waals surface area contributed by atoms with E-state index in [-0.39, 0.29) is 0 Å². The number of nitrogens with zero attached hydrogens (tertiary/aromatic N) is 1. The Balaban J connectivity index is 4.11. The number of allylic oxidation sites excluding steroid dienone is 5. The highest BCUT2D eigenvalue weighted by Crippen LogP contribution is 2.12. The molecule has 0 fully saturated rings. The number of nitriles is 1. The Bertz CT molecular complexity index is 292. The van der Waals surface area contributed by atoms with Gasteiger partial charge in [-0.25, -0.2) is 0 Å². The summed E-state index contributed by atoms with van der Waals surface area (Å²) in [5.41, 5.74) is 7.55. The number of rotatable bonds is 8. The summed E-state index contributed by atoms with van der Waals surface area (Å²) in [6.07, 6.45) is 11.0. The molecule has 88 valence electrons. The second-order valence-corrected chi connectivity index (χ2v) is 3.67. The fourth-order valence-corrected chi connectivity index (χ4v) is 1.45. The van der Waals surface area contributed by atoms with Gasteiger partial charge in [-0.2, -0.15) is 5.26 Å². The molecular weight excluding hydrogens is 196 g/mol. The van der Waals surface area contributed by atoms with Gasteiger partial charge < -0.3 is 5.73 Å². The zero-order valence-electron chi connectivity index (χ0n) is 10.2. The van der Waals surface area contributed by atoms with Gasteiger partial charge in [-0.3, -0.25) is 0 Å². The van der Waals surface area contributed by atoms with Crippen LogP contribution in [0.1, 0.15) is 39.0 Å². The molecule has 0 amide bonds. The minimum atomic E-state index is 0.647. The van der Waals surface area contributed by atoms with Crippen LogP contribution in [0.3, 0.4) is 0 Å². The molecule has 2 N–H and O–H groups in total. The standard InChI is InChI=1S/C14H22N2/c1-3-13(8-5-6-11-15)9-7-10-14(4-2)12-16/h4,9-10H,2-3,5-8,11,15H2,1H3/b13-9+,14-10+. The quantitative estimate of drug-likeness (QED) is 0.293. The Hall–Kier alpha value is -1.33. The average molecular weight is 218 g/mol. The van der Waals surface area contributed by atoms with E-state index >= 15 is 0 Å². The SMILES string of the molecule is C=C/C(C#N)=C\C/C=C(\CC)CCCCN. The lowest BCUT2D eigenvalue weighted by atomic mass is 10.0. The highest BCUT2D eigenvalue weighted by atomic mass is 14.5. The van der Waals surface area contributed by atoms with Crippen LogP contribution in [0.25, 0.3) is 0 Å². The molecular formula is C14H22N2. The van der Waals surface area contributed by atoms with Crippen LogP contribution in [0.5, 0.6) is 0 Å². The van der Waals surface area contributed by atoms with Gasteiger partial charge in [0.1, 0.15) is 0 Å². The third-order valence-electron chi connectivity index (χ3n) is 2.50. The third kappa shape index (κ3) is 7.03. The first-order valence-electron chi connectivity index (χ1n) is 5.89. The van der Waals surface area contributed by atoms with E-state index in [4.69, 9.17) is 11.0 Å². The molecule has 0 spiro atoms. The first-order valence-corrected chi connectivity index (χ1v) is 5.89. The fourth-order valence-electron chi connectivity index (χ4n) is 1.45. The monoisotopic (exact) mass is 218 g/mol. The lowest BCUT2D eigenvalue weighted by molar-refractivity contribution is 0.724. The first kappa shape index (κ1) is 14.7. The average Bonchev–Trinajstić information content (AvgIpc) is 2.32. The maximum absolute atomic E-state index is 8.70. The predicted octanol–water partition coefficient (Wildman–Crippen LogP) is 3.48. The summed E-state index contributed by atoms with van der Waals surface area (Å²) < 4.78 is 0. The maximum Gasteiger partial charge on any atom is 0.0988 e. The van der Waals surface area contributed by atoms with Crippen molar-refractivity contribution in [1.29, 1.82) is 5.26 Å². The lowest BCUT2D eigenvalue weighted by Gasteiger charge is -2.03. The van der Waals surface area contributed by atoms with Crippen molar-refractivity contribution in [3.8, 4) is 6.07 Å². The van der Waals surface area contributed by atoms with E-state index in [2.05, 4.69) is 25.6 Å².